The van der Waals surface area contributed by atoms with Gasteiger partial charge in [0.15, 0.2) is 0 Å². The fourth-order valence-electron chi connectivity index (χ4n) is 2.10. The molecular weight excluding hydrogens is 272 g/mol. The van der Waals surface area contributed by atoms with E-state index >= 15 is 0 Å². The highest BCUT2D eigenvalue weighted by Gasteiger charge is 2.14. The molecule has 21 heavy (non-hydrogen) atoms. The first-order valence-electron chi connectivity index (χ1n) is 6.41. The zero-order valence-corrected chi connectivity index (χ0v) is 12.1. The smallest absolute Gasteiger partial charge is 0.272 e. The van der Waals surface area contributed by atoms with Gasteiger partial charge in [-0.2, -0.15) is 5.10 Å². The maximum atomic E-state index is 12.1. The predicted molar refractivity (Wildman–Crippen MR) is 76.9 cm³/mol. The van der Waals surface area contributed by atoms with Gasteiger partial charge in [0.2, 0.25) is 0 Å². The van der Waals surface area contributed by atoms with Gasteiger partial charge in [-0.25, -0.2) is 0 Å². The normalized spacial score (nSPS) is 10.4. The minimum absolute atomic E-state index is 0.00816. The van der Waals surface area contributed by atoms with Crippen molar-refractivity contribution in [2.45, 2.75) is 20.4 Å². The van der Waals surface area contributed by atoms with Crippen LogP contribution in [0, 0.1) is 24.0 Å². The zero-order chi connectivity index (χ0) is 15.6. The molecule has 1 N–H and O–H groups in total. The minimum Gasteiger partial charge on any atom is -0.346 e. The number of benzene rings is 1. The summed E-state index contributed by atoms with van der Waals surface area (Å²) in [7, 11) is 1.81. The molecule has 1 aromatic heterocycles. The van der Waals surface area contributed by atoms with Gasteiger partial charge in [-0.3, -0.25) is 19.6 Å². The summed E-state index contributed by atoms with van der Waals surface area (Å²) in [4.78, 5) is 22.3. The molecule has 0 fully saturated rings. The highest BCUT2D eigenvalue weighted by molar-refractivity contribution is 5.94. The number of nitro groups is 1. The predicted octanol–water partition coefficient (Wildman–Crippen LogP) is 1.88. The number of carbonyl (C=O) groups excluding carboxylic acids is 1. The van der Waals surface area contributed by atoms with Crippen LogP contribution in [0.25, 0.3) is 0 Å². The van der Waals surface area contributed by atoms with Gasteiger partial charge in [-0.15, -0.1) is 0 Å². The van der Waals surface area contributed by atoms with Crippen molar-refractivity contribution in [3.63, 3.8) is 0 Å². The molecule has 110 valence electrons. The van der Waals surface area contributed by atoms with Gasteiger partial charge in [-0.05, 0) is 32.0 Å². The number of nitrogens with zero attached hydrogens (tertiary/aromatic N) is 3. The van der Waals surface area contributed by atoms with Gasteiger partial charge in [-0.1, -0.05) is 0 Å². The number of amides is 1. The molecule has 7 nitrogen and oxygen atoms in total. The molecule has 0 radical (unpaired) electrons. The molecule has 2 aromatic rings. The first kappa shape index (κ1) is 14.7. The Balaban J connectivity index is 2.09. The van der Waals surface area contributed by atoms with Gasteiger partial charge in [0, 0.05) is 24.2 Å². The Kier molecular flexibility index (Phi) is 4.02. The second-order valence-electron chi connectivity index (χ2n) is 4.84. The van der Waals surface area contributed by atoms with Crippen LogP contribution in [0.4, 0.5) is 5.69 Å². The van der Waals surface area contributed by atoms with Crippen LogP contribution in [0.15, 0.2) is 24.3 Å². The third-order valence-corrected chi connectivity index (χ3v) is 3.18. The molecule has 0 aliphatic heterocycles. The van der Waals surface area contributed by atoms with Crippen LogP contribution in [0.3, 0.4) is 0 Å². The number of nitro benzene ring substituents is 1. The molecule has 1 heterocycles. The molecule has 0 aliphatic rings. The average molecular weight is 288 g/mol. The van der Waals surface area contributed by atoms with Gasteiger partial charge >= 0.3 is 0 Å². The lowest BCUT2D eigenvalue weighted by atomic mass is 10.1. The molecule has 0 spiro atoms. The van der Waals surface area contributed by atoms with Crippen LogP contribution in [-0.2, 0) is 13.6 Å². The third kappa shape index (κ3) is 3.25. The minimum atomic E-state index is -0.463. The van der Waals surface area contributed by atoms with E-state index in [1.54, 1.807) is 11.6 Å². The van der Waals surface area contributed by atoms with E-state index in [4.69, 9.17) is 0 Å². The number of aryl methyl sites for hydroxylation is 3. The number of hydrogen-bond acceptors (Lipinski definition) is 4. The molecule has 0 bridgehead atoms. The van der Waals surface area contributed by atoms with Crippen LogP contribution in [-0.4, -0.2) is 20.6 Å². The first-order chi connectivity index (χ1) is 9.88. The van der Waals surface area contributed by atoms with Crippen LogP contribution in [0.2, 0.25) is 0 Å². The average Bonchev–Trinajstić information content (AvgIpc) is 2.73. The van der Waals surface area contributed by atoms with Crippen LogP contribution >= 0.6 is 0 Å². The van der Waals surface area contributed by atoms with Crippen molar-refractivity contribution in [3.05, 3.63) is 56.9 Å². The van der Waals surface area contributed by atoms with E-state index in [9.17, 15) is 14.9 Å². The largest absolute Gasteiger partial charge is 0.346 e. The Labute approximate surface area is 121 Å². The molecule has 2 rings (SSSR count). The molecule has 1 amide bonds. The van der Waals surface area contributed by atoms with Crippen molar-refractivity contribution >= 4 is 11.6 Å². The Bertz CT molecular complexity index is 706. The summed E-state index contributed by atoms with van der Waals surface area (Å²) in [5.74, 6) is -0.271. The summed E-state index contributed by atoms with van der Waals surface area (Å²) in [6.45, 7) is 3.84. The third-order valence-electron chi connectivity index (χ3n) is 3.18. The lowest BCUT2D eigenvalue weighted by Crippen LogP contribution is -2.24. The van der Waals surface area contributed by atoms with Crippen LogP contribution < -0.4 is 5.32 Å². The van der Waals surface area contributed by atoms with E-state index in [-0.39, 0.29) is 11.6 Å². The Morgan fingerprint density at radius 1 is 1.38 bits per heavy atom. The zero-order valence-electron chi connectivity index (χ0n) is 12.1. The van der Waals surface area contributed by atoms with Gasteiger partial charge in [0.1, 0.15) is 0 Å². The Morgan fingerprint density at radius 3 is 2.62 bits per heavy atom. The molecule has 0 saturated carbocycles. The highest BCUT2D eigenvalue weighted by atomic mass is 16.6. The summed E-state index contributed by atoms with van der Waals surface area (Å²) >= 11 is 0. The van der Waals surface area contributed by atoms with Crippen molar-refractivity contribution in [3.8, 4) is 0 Å². The lowest BCUT2D eigenvalue weighted by Gasteiger charge is -2.06. The second-order valence-corrected chi connectivity index (χ2v) is 4.84. The van der Waals surface area contributed by atoms with E-state index < -0.39 is 4.92 Å². The monoisotopic (exact) mass is 288 g/mol. The van der Waals surface area contributed by atoms with E-state index in [1.165, 1.54) is 18.2 Å². The van der Waals surface area contributed by atoms with E-state index in [0.29, 0.717) is 17.7 Å². The number of carbonyl (C=O) groups is 1. The summed E-state index contributed by atoms with van der Waals surface area (Å²) in [6.07, 6.45) is 0. The van der Waals surface area contributed by atoms with Crippen molar-refractivity contribution in [1.29, 1.82) is 0 Å². The standard InChI is InChI=1S/C14H16N4O3/c1-9-6-11(4-5-13(9)18(20)21)14(19)15-8-12-7-10(2)16-17(12)3/h4-7H,8H2,1-3H3,(H,15,19). The fraction of sp³-hybridized carbons (Fsp3) is 0.286. The van der Waals surface area contributed by atoms with Gasteiger partial charge in [0.05, 0.1) is 22.9 Å². The SMILES string of the molecule is Cc1cc(CNC(=O)c2ccc([N+](=O)[O-])c(C)c2)n(C)n1. The molecule has 7 heteroatoms. The van der Waals surface area contributed by atoms with Crippen molar-refractivity contribution in [1.82, 2.24) is 15.1 Å². The highest BCUT2D eigenvalue weighted by Crippen LogP contribution is 2.18. The van der Waals surface area contributed by atoms with E-state index in [2.05, 4.69) is 10.4 Å². The van der Waals surface area contributed by atoms with Crippen LogP contribution in [0.1, 0.15) is 27.3 Å². The first-order valence-corrected chi connectivity index (χ1v) is 6.41. The summed E-state index contributed by atoms with van der Waals surface area (Å²) in [5.41, 5.74) is 2.64. The summed E-state index contributed by atoms with van der Waals surface area (Å²) in [6, 6.07) is 6.21. The quantitative estimate of drug-likeness (QED) is 0.687. The molecule has 0 atom stereocenters. The fourth-order valence-corrected chi connectivity index (χ4v) is 2.10. The number of hydrogen-bond donors (Lipinski definition) is 1. The van der Waals surface area contributed by atoms with Gasteiger partial charge in [0.25, 0.3) is 11.6 Å². The van der Waals surface area contributed by atoms with Gasteiger partial charge < -0.3 is 5.32 Å². The van der Waals surface area contributed by atoms with Crippen molar-refractivity contribution in [2.75, 3.05) is 0 Å². The maximum absolute atomic E-state index is 12.1. The number of rotatable bonds is 4. The van der Waals surface area contributed by atoms with Crippen LogP contribution in [0.5, 0.6) is 0 Å². The van der Waals surface area contributed by atoms with E-state index in [0.717, 1.165) is 11.4 Å². The lowest BCUT2D eigenvalue weighted by molar-refractivity contribution is -0.385. The van der Waals surface area contributed by atoms with Crippen molar-refractivity contribution < 1.29 is 9.72 Å². The Morgan fingerprint density at radius 2 is 2.10 bits per heavy atom. The molecule has 0 saturated heterocycles. The molecule has 1 aromatic carbocycles. The molecular formula is C14H16N4O3. The second kappa shape index (κ2) is 5.74. The maximum Gasteiger partial charge on any atom is 0.272 e. The number of nitrogens with one attached hydrogen (secondary N) is 1. The molecule has 0 aliphatic carbocycles. The Hall–Kier alpha value is -2.70. The summed E-state index contributed by atoms with van der Waals surface area (Å²) < 4.78 is 1.71. The summed E-state index contributed by atoms with van der Waals surface area (Å²) in [5, 5.41) is 17.7. The topological polar surface area (TPSA) is 90.1 Å². The molecule has 0 unspecified atom stereocenters. The van der Waals surface area contributed by atoms with E-state index in [1.807, 2.05) is 20.0 Å². The number of aromatic nitrogens is 2. The van der Waals surface area contributed by atoms with Crippen molar-refractivity contribution in [2.24, 2.45) is 7.05 Å².